The molecule has 0 N–H and O–H groups in total. The van der Waals surface area contributed by atoms with Gasteiger partial charge in [-0.15, -0.1) is 0 Å². The summed E-state index contributed by atoms with van der Waals surface area (Å²) in [6.45, 7) is 5.77. The van der Waals surface area contributed by atoms with E-state index in [-0.39, 0.29) is 12.5 Å². The van der Waals surface area contributed by atoms with Crippen molar-refractivity contribution in [3.05, 3.63) is 11.0 Å². The maximum Gasteiger partial charge on any atom is 0.486 e. The molecular weight excluding hydrogens is 207 g/mol. The van der Waals surface area contributed by atoms with Gasteiger partial charge in [0, 0.05) is 18.6 Å². The van der Waals surface area contributed by atoms with Gasteiger partial charge in [-0.3, -0.25) is 0 Å². The minimum absolute atomic E-state index is 0.163. The third-order valence-corrected chi connectivity index (χ3v) is 1.81. The molecule has 4 heteroatoms. The normalized spacial score (nSPS) is 24.5. The zero-order valence-electron chi connectivity index (χ0n) is 6.84. The van der Waals surface area contributed by atoms with Crippen LogP contribution in [0.5, 0.6) is 0 Å². The van der Waals surface area contributed by atoms with Gasteiger partial charge in [-0.05, 0) is 11.0 Å². The topological polar surface area (TPSA) is 18.5 Å². The fraction of sp³-hybridized carbons (Fsp3) is 0.714. The van der Waals surface area contributed by atoms with E-state index in [4.69, 9.17) is 9.31 Å². The smallest absolute Gasteiger partial charge is 0.407 e. The van der Waals surface area contributed by atoms with Gasteiger partial charge in [-0.25, -0.2) is 0 Å². The summed E-state index contributed by atoms with van der Waals surface area (Å²) in [5.74, 6) is 1.84. The van der Waals surface area contributed by atoms with Gasteiger partial charge in [-0.2, -0.15) is 0 Å². The van der Waals surface area contributed by atoms with Crippen LogP contribution in [0.2, 0.25) is 0 Å². The molecule has 0 radical (unpaired) electrons. The third-order valence-electron chi connectivity index (χ3n) is 1.51. The summed E-state index contributed by atoms with van der Waals surface area (Å²) in [7, 11) is -0.164. The molecule has 1 saturated heterocycles. The molecule has 0 aromatic heterocycles. The molecule has 0 unspecified atom stereocenters. The summed E-state index contributed by atoms with van der Waals surface area (Å²) in [6.07, 6.45) is 0. The largest absolute Gasteiger partial charge is 0.486 e. The summed E-state index contributed by atoms with van der Waals surface area (Å²) in [5.41, 5.74) is 0.163. The molecule has 1 fully saturated rings. The second-order valence-corrected chi connectivity index (χ2v) is 4.00. The lowest BCUT2D eigenvalue weighted by Gasteiger charge is -2.31. The Bertz CT molecular complexity index is 149. The standard InChI is InChI=1S/C7H12BBrO2/c1-7(2)5-10-8(3-4-9)11-6-7/h3-4H,5-6H2,1-2H3/b4-3+. The van der Waals surface area contributed by atoms with E-state index in [1.54, 1.807) is 4.99 Å². The van der Waals surface area contributed by atoms with E-state index in [9.17, 15) is 0 Å². The fourth-order valence-corrected chi connectivity index (χ4v) is 1.12. The first-order chi connectivity index (χ1) is 5.14. The Morgan fingerprint density at radius 1 is 1.36 bits per heavy atom. The lowest BCUT2D eigenvalue weighted by molar-refractivity contribution is 0.0336. The molecule has 1 aliphatic rings. The predicted molar refractivity (Wildman–Crippen MR) is 49.5 cm³/mol. The summed E-state index contributed by atoms with van der Waals surface area (Å²) in [6, 6.07) is 0. The van der Waals surface area contributed by atoms with E-state index in [2.05, 4.69) is 29.8 Å². The molecule has 1 aliphatic heterocycles. The first-order valence-electron chi connectivity index (χ1n) is 3.64. The molecule has 62 valence electrons. The predicted octanol–water partition coefficient (Wildman–Crippen LogP) is 2.00. The summed E-state index contributed by atoms with van der Waals surface area (Å²) >= 11 is 3.17. The first-order valence-corrected chi connectivity index (χ1v) is 4.56. The number of halogens is 1. The van der Waals surface area contributed by atoms with Crippen molar-refractivity contribution < 1.29 is 9.31 Å². The highest BCUT2D eigenvalue weighted by atomic mass is 79.9. The number of rotatable bonds is 1. The summed E-state index contributed by atoms with van der Waals surface area (Å²) in [4.78, 5) is 1.76. The third kappa shape index (κ3) is 2.97. The van der Waals surface area contributed by atoms with E-state index in [1.807, 2.05) is 5.98 Å². The Labute approximate surface area is 76.2 Å². The van der Waals surface area contributed by atoms with Gasteiger partial charge in [0.15, 0.2) is 0 Å². The molecule has 0 saturated carbocycles. The van der Waals surface area contributed by atoms with Crippen molar-refractivity contribution in [3.63, 3.8) is 0 Å². The van der Waals surface area contributed by atoms with Crippen LogP contribution in [0.3, 0.4) is 0 Å². The van der Waals surface area contributed by atoms with Crippen LogP contribution >= 0.6 is 15.9 Å². The van der Waals surface area contributed by atoms with Crippen LogP contribution in [-0.4, -0.2) is 20.3 Å². The quantitative estimate of drug-likeness (QED) is 0.627. The second kappa shape index (κ2) is 3.74. The van der Waals surface area contributed by atoms with Crippen LogP contribution in [0.1, 0.15) is 13.8 Å². The molecule has 0 spiro atoms. The SMILES string of the molecule is CC1(C)COB(/C=C/Br)OC1. The fourth-order valence-electron chi connectivity index (χ4n) is 0.876. The lowest BCUT2D eigenvalue weighted by Crippen LogP contribution is -2.39. The van der Waals surface area contributed by atoms with Gasteiger partial charge in [0.2, 0.25) is 0 Å². The van der Waals surface area contributed by atoms with Crippen LogP contribution < -0.4 is 0 Å². The molecule has 0 aliphatic carbocycles. The van der Waals surface area contributed by atoms with E-state index in [1.165, 1.54) is 0 Å². The summed E-state index contributed by atoms with van der Waals surface area (Å²) < 4.78 is 10.8. The van der Waals surface area contributed by atoms with Gasteiger partial charge in [-0.1, -0.05) is 29.8 Å². The highest BCUT2D eigenvalue weighted by Crippen LogP contribution is 2.21. The molecule has 2 nitrogen and oxygen atoms in total. The maximum atomic E-state index is 5.39. The van der Waals surface area contributed by atoms with Crippen molar-refractivity contribution >= 4 is 23.0 Å². The maximum absolute atomic E-state index is 5.39. The van der Waals surface area contributed by atoms with E-state index in [0.29, 0.717) is 0 Å². The zero-order valence-corrected chi connectivity index (χ0v) is 8.43. The zero-order chi connectivity index (χ0) is 8.32. The highest BCUT2D eigenvalue weighted by molar-refractivity contribution is 9.11. The molecule has 0 bridgehead atoms. The Morgan fingerprint density at radius 2 is 1.91 bits per heavy atom. The molecule has 1 rings (SSSR count). The van der Waals surface area contributed by atoms with Gasteiger partial charge >= 0.3 is 7.12 Å². The Morgan fingerprint density at radius 3 is 2.36 bits per heavy atom. The Kier molecular flexibility index (Phi) is 3.16. The molecule has 1 heterocycles. The van der Waals surface area contributed by atoms with Crippen molar-refractivity contribution in [2.75, 3.05) is 13.2 Å². The van der Waals surface area contributed by atoms with Crippen molar-refractivity contribution in [1.82, 2.24) is 0 Å². The van der Waals surface area contributed by atoms with Crippen molar-refractivity contribution in [2.45, 2.75) is 13.8 Å². The van der Waals surface area contributed by atoms with Gasteiger partial charge in [0.05, 0.1) is 0 Å². The average Bonchev–Trinajstić information content (AvgIpc) is 1.94. The van der Waals surface area contributed by atoms with Gasteiger partial charge < -0.3 is 9.31 Å². The first kappa shape index (κ1) is 9.29. The molecule has 0 amide bonds. The molecule has 0 atom stereocenters. The van der Waals surface area contributed by atoms with Crippen molar-refractivity contribution in [3.8, 4) is 0 Å². The second-order valence-electron chi connectivity index (χ2n) is 3.47. The Hall–Kier alpha value is 0.205. The molecule has 11 heavy (non-hydrogen) atoms. The number of hydrogen-bond acceptors (Lipinski definition) is 2. The van der Waals surface area contributed by atoms with Crippen LogP contribution in [-0.2, 0) is 9.31 Å². The van der Waals surface area contributed by atoms with E-state index >= 15 is 0 Å². The molecule has 0 aromatic carbocycles. The van der Waals surface area contributed by atoms with Crippen LogP contribution in [0.25, 0.3) is 0 Å². The van der Waals surface area contributed by atoms with Crippen molar-refractivity contribution in [1.29, 1.82) is 0 Å². The molecule has 0 aromatic rings. The monoisotopic (exact) mass is 218 g/mol. The lowest BCUT2D eigenvalue weighted by atomic mass is 9.84. The van der Waals surface area contributed by atoms with Gasteiger partial charge in [0.1, 0.15) is 0 Å². The average molecular weight is 219 g/mol. The highest BCUT2D eigenvalue weighted by Gasteiger charge is 2.29. The summed E-state index contributed by atoms with van der Waals surface area (Å²) in [5, 5.41) is 0. The van der Waals surface area contributed by atoms with Crippen LogP contribution in [0.15, 0.2) is 11.0 Å². The van der Waals surface area contributed by atoms with E-state index in [0.717, 1.165) is 13.2 Å². The van der Waals surface area contributed by atoms with E-state index < -0.39 is 0 Å². The van der Waals surface area contributed by atoms with Crippen molar-refractivity contribution in [2.24, 2.45) is 5.41 Å². The molecular formula is C7H12BBrO2. The number of hydrogen-bond donors (Lipinski definition) is 0. The minimum Gasteiger partial charge on any atom is -0.407 e. The van der Waals surface area contributed by atoms with Crippen LogP contribution in [0.4, 0.5) is 0 Å². The van der Waals surface area contributed by atoms with Gasteiger partial charge in [0.25, 0.3) is 0 Å². The Balaban J connectivity index is 2.36. The minimum atomic E-state index is -0.164. The van der Waals surface area contributed by atoms with Crippen LogP contribution in [0, 0.1) is 5.41 Å².